The molecule has 1 heterocycles. The van der Waals surface area contributed by atoms with E-state index in [4.69, 9.17) is 12.2 Å². The average Bonchev–Trinajstić information content (AvgIpc) is 3.14. The number of benzene rings is 1. The summed E-state index contributed by atoms with van der Waals surface area (Å²) in [5.74, 6) is 0.965. The molecule has 3 atom stereocenters. The zero-order valence-electron chi connectivity index (χ0n) is 15.1. The van der Waals surface area contributed by atoms with Crippen molar-refractivity contribution in [3.05, 3.63) is 48.3 Å². The molecule has 0 saturated heterocycles. The number of carbonyl (C=O) groups is 1. The summed E-state index contributed by atoms with van der Waals surface area (Å²) in [7, 11) is 0. The molecule has 1 aliphatic carbocycles. The molecular formula is C19H25N5OS. The van der Waals surface area contributed by atoms with Gasteiger partial charge in [-0.15, -0.1) is 0 Å². The van der Waals surface area contributed by atoms with E-state index in [0.29, 0.717) is 28.6 Å². The third-order valence-electron chi connectivity index (χ3n) is 5.18. The maximum atomic E-state index is 12.3. The molecule has 3 N–H and O–H groups in total. The molecule has 1 fully saturated rings. The predicted octanol–water partition coefficient (Wildman–Crippen LogP) is 2.81. The second-order valence-corrected chi connectivity index (χ2v) is 7.34. The molecule has 1 saturated carbocycles. The van der Waals surface area contributed by atoms with Crippen LogP contribution >= 0.6 is 12.2 Å². The van der Waals surface area contributed by atoms with E-state index < -0.39 is 0 Å². The highest BCUT2D eigenvalue weighted by Gasteiger charge is 2.27. The third kappa shape index (κ3) is 4.40. The Kier molecular flexibility index (Phi) is 5.88. The SMILES string of the molecule is C[C@H]1[C@@H](NC(=S)NNC(=O)c2cnn(-c3ccccc3)c2)CCC[C@@H]1C. The van der Waals surface area contributed by atoms with Crippen molar-refractivity contribution in [1.29, 1.82) is 0 Å². The summed E-state index contributed by atoms with van der Waals surface area (Å²) in [6.07, 6.45) is 6.79. The topological polar surface area (TPSA) is 71.0 Å². The van der Waals surface area contributed by atoms with Crippen LogP contribution in [-0.4, -0.2) is 26.8 Å². The minimum atomic E-state index is -0.276. The Hall–Kier alpha value is -2.41. The highest BCUT2D eigenvalue weighted by Crippen LogP contribution is 2.29. The first-order valence-electron chi connectivity index (χ1n) is 9.01. The number of aromatic nitrogens is 2. The molecule has 1 aromatic carbocycles. The number of amides is 1. The lowest BCUT2D eigenvalue weighted by atomic mass is 9.78. The van der Waals surface area contributed by atoms with Gasteiger partial charge in [-0.25, -0.2) is 4.68 Å². The number of thiocarbonyl (C=S) groups is 1. The third-order valence-corrected chi connectivity index (χ3v) is 5.40. The smallest absolute Gasteiger partial charge is 0.272 e. The van der Waals surface area contributed by atoms with Gasteiger partial charge in [-0.2, -0.15) is 5.10 Å². The standard InChI is InChI=1S/C19H25N5OS/c1-13-7-6-10-17(14(13)2)21-19(26)23-22-18(25)15-11-20-24(12-15)16-8-4-3-5-9-16/h3-5,8-9,11-14,17H,6-7,10H2,1-2H3,(H,22,25)(H2,21,23,26)/t13-,14+,17-/m0/s1. The van der Waals surface area contributed by atoms with E-state index in [0.717, 1.165) is 12.1 Å². The molecule has 0 spiro atoms. The molecule has 6 nitrogen and oxygen atoms in total. The molecule has 2 aromatic rings. The molecule has 0 unspecified atom stereocenters. The number of hydrogen-bond acceptors (Lipinski definition) is 3. The van der Waals surface area contributed by atoms with E-state index in [1.807, 2.05) is 30.3 Å². The van der Waals surface area contributed by atoms with Gasteiger partial charge in [0.15, 0.2) is 5.11 Å². The van der Waals surface area contributed by atoms with Crippen LogP contribution in [0.4, 0.5) is 0 Å². The second kappa shape index (κ2) is 8.31. The van der Waals surface area contributed by atoms with E-state index in [-0.39, 0.29) is 5.91 Å². The summed E-state index contributed by atoms with van der Waals surface area (Å²) >= 11 is 5.32. The van der Waals surface area contributed by atoms with Crippen molar-refractivity contribution < 1.29 is 4.79 Å². The molecule has 26 heavy (non-hydrogen) atoms. The lowest BCUT2D eigenvalue weighted by molar-refractivity contribution is 0.0943. The van der Waals surface area contributed by atoms with Crippen molar-refractivity contribution in [3.8, 4) is 5.69 Å². The fraction of sp³-hybridized carbons (Fsp3) is 0.421. The van der Waals surface area contributed by atoms with Crippen molar-refractivity contribution in [2.75, 3.05) is 0 Å². The zero-order valence-corrected chi connectivity index (χ0v) is 15.9. The summed E-state index contributed by atoms with van der Waals surface area (Å²) in [5, 5.41) is 7.99. The van der Waals surface area contributed by atoms with Crippen molar-refractivity contribution in [1.82, 2.24) is 25.9 Å². The summed E-state index contributed by atoms with van der Waals surface area (Å²) in [6.45, 7) is 4.53. The Bertz CT molecular complexity index is 760. The number of nitrogens with one attached hydrogen (secondary N) is 3. The van der Waals surface area contributed by atoms with Crippen molar-refractivity contribution in [3.63, 3.8) is 0 Å². The maximum absolute atomic E-state index is 12.3. The molecule has 138 valence electrons. The van der Waals surface area contributed by atoms with Crippen LogP contribution in [0, 0.1) is 11.8 Å². The molecule has 1 aromatic heterocycles. The summed E-state index contributed by atoms with van der Waals surface area (Å²) in [6, 6.07) is 9.99. The Morgan fingerprint density at radius 3 is 2.73 bits per heavy atom. The van der Waals surface area contributed by atoms with Gasteiger partial charge in [0.2, 0.25) is 0 Å². The minimum Gasteiger partial charge on any atom is -0.358 e. The number of rotatable bonds is 3. The Morgan fingerprint density at radius 2 is 1.96 bits per heavy atom. The van der Waals surface area contributed by atoms with Crippen LogP contribution in [-0.2, 0) is 0 Å². The van der Waals surface area contributed by atoms with Crippen LogP contribution in [0.5, 0.6) is 0 Å². The van der Waals surface area contributed by atoms with Gasteiger partial charge >= 0.3 is 0 Å². The highest BCUT2D eigenvalue weighted by molar-refractivity contribution is 7.80. The van der Waals surface area contributed by atoms with Gasteiger partial charge in [-0.3, -0.25) is 15.6 Å². The van der Waals surface area contributed by atoms with Crippen LogP contribution in [0.1, 0.15) is 43.5 Å². The second-order valence-electron chi connectivity index (χ2n) is 6.94. The van der Waals surface area contributed by atoms with Gasteiger partial charge in [0.05, 0.1) is 17.4 Å². The summed E-state index contributed by atoms with van der Waals surface area (Å²) < 4.78 is 1.66. The lowest BCUT2D eigenvalue weighted by Crippen LogP contribution is -2.52. The Balaban J connectivity index is 1.51. The normalized spacial score (nSPS) is 22.5. The molecule has 7 heteroatoms. The molecule has 1 amide bonds. The van der Waals surface area contributed by atoms with Gasteiger partial charge in [-0.05, 0) is 42.6 Å². The largest absolute Gasteiger partial charge is 0.358 e. The number of para-hydroxylation sites is 1. The number of hydrazine groups is 1. The predicted molar refractivity (Wildman–Crippen MR) is 106 cm³/mol. The molecular weight excluding hydrogens is 346 g/mol. The maximum Gasteiger partial charge on any atom is 0.272 e. The fourth-order valence-electron chi connectivity index (χ4n) is 3.34. The fourth-order valence-corrected chi connectivity index (χ4v) is 3.54. The van der Waals surface area contributed by atoms with Crippen molar-refractivity contribution in [2.24, 2.45) is 11.8 Å². The number of carbonyl (C=O) groups excluding carboxylic acids is 1. The Morgan fingerprint density at radius 1 is 1.19 bits per heavy atom. The first kappa shape index (κ1) is 18.4. The lowest BCUT2D eigenvalue weighted by Gasteiger charge is -2.35. The van der Waals surface area contributed by atoms with Gasteiger partial charge in [0.25, 0.3) is 5.91 Å². The molecule has 0 radical (unpaired) electrons. The van der Waals surface area contributed by atoms with Crippen molar-refractivity contribution >= 4 is 23.2 Å². The Labute approximate surface area is 159 Å². The van der Waals surface area contributed by atoms with Gasteiger partial charge in [0.1, 0.15) is 0 Å². The molecule has 1 aliphatic rings. The van der Waals surface area contributed by atoms with Gasteiger partial charge < -0.3 is 5.32 Å². The monoisotopic (exact) mass is 371 g/mol. The first-order valence-corrected chi connectivity index (χ1v) is 9.42. The quantitative estimate of drug-likeness (QED) is 0.572. The zero-order chi connectivity index (χ0) is 18.5. The van der Waals surface area contributed by atoms with E-state index >= 15 is 0 Å². The van der Waals surface area contributed by atoms with E-state index in [1.54, 1.807) is 10.9 Å². The number of hydrogen-bond donors (Lipinski definition) is 3. The number of nitrogens with zero attached hydrogens (tertiary/aromatic N) is 2. The molecule has 3 rings (SSSR count). The average molecular weight is 372 g/mol. The van der Waals surface area contributed by atoms with Crippen LogP contribution in [0.3, 0.4) is 0 Å². The van der Waals surface area contributed by atoms with Crippen LogP contribution in [0.25, 0.3) is 5.69 Å². The van der Waals surface area contributed by atoms with Gasteiger partial charge in [-0.1, -0.05) is 44.9 Å². The van der Waals surface area contributed by atoms with Crippen LogP contribution in [0.15, 0.2) is 42.7 Å². The summed E-state index contributed by atoms with van der Waals surface area (Å²) in [4.78, 5) is 12.3. The van der Waals surface area contributed by atoms with E-state index in [2.05, 4.69) is 35.1 Å². The summed E-state index contributed by atoms with van der Waals surface area (Å²) in [5.41, 5.74) is 6.79. The van der Waals surface area contributed by atoms with Crippen LogP contribution < -0.4 is 16.2 Å². The molecule has 0 aliphatic heterocycles. The van der Waals surface area contributed by atoms with E-state index in [1.165, 1.54) is 19.0 Å². The van der Waals surface area contributed by atoms with E-state index in [9.17, 15) is 4.79 Å². The highest BCUT2D eigenvalue weighted by atomic mass is 32.1. The van der Waals surface area contributed by atoms with Crippen LogP contribution in [0.2, 0.25) is 0 Å². The van der Waals surface area contributed by atoms with Crippen molar-refractivity contribution in [2.45, 2.75) is 39.2 Å². The first-order chi connectivity index (χ1) is 12.5. The van der Waals surface area contributed by atoms with Gasteiger partial charge in [0, 0.05) is 12.2 Å². The minimum absolute atomic E-state index is 0.276. The molecule has 0 bridgehead atoms.